The molecule has 0 aromatic carbocycles. The fourth-order valence-electron chi connectivity index (χ4n) is 3.21. The Morgan fingerprint density at radius 2 is 2.00 bits per heavy atom. The van der Waals surface area contributed by atoms with Crippen LogP contribution in [0.2, 0.25) is 25.7 Å². The second-order valence-corrected chi connectivity index (χ2v) is 13.7. The molecule has 1 aliphatic carbocycles. The summed E-state index contributed by atoms with van der Waals surface area (Å²) in [5, 5.41) is 0. The zero-order valence-corrected chi connectivity index (χ0v) is 15.5. The largest absolute Gasteiger partial charge is 0.484 e. The van der Waals surface area contributed by atoms with Crippen LogP contribution in [0, 0.1) is 11.8 Å². The monoisotopic (exact) mass is 358 g/mol. The molecule has 3 nitrogen and oxygen atoms in total. The molecule has 2 heterocycles. The van der Waals surface area contributed by atoms with Crippen LogP contribution < -0.4 is 0 Å². The molecule has 0 aromatic rings. The van der Waals surface area contributed by atoms with E-state index in [0.717, 1.165) is 24.6 Å². The van der Waals surface area contributed by atoms with Crippen molar-refractivity contribution in [2.75, 3.05) is 19.8 Å². The van der Waals surface area contributed by atoms with Gasteiger partial charge in [-0.2, -0.15) is 13.2 Å². The third kappa shape index (κ3) is 3.94. The number of rotatable bonds is 6. The standard InChI is InChI=1S/C17H25F3N2OSi/c1-24(2,3)9-8-23-11-13-10-22(17(18,19)20)16(12-4-5-12)14-6-7-21-15(13)14/h6-7,12-13H,4-5,8-11H2,1-3H3. The number of hydrogen-bond acceptors (Lipinski definition) is 3. The molecule has 24 heavy (non-hydrogen) atoms. The number of alkyl halides is 3. The lowest BCUT2D eigenvalue weighted by molar-refractivity contribution is -0.237. The van der Waals surface area contributed by atoms with Gasteiger partial charge in [0, 0.05) is 44.6 Å². The molecule has 134 valence electrons. The van der Waals surface area contributed by atoms with E-state index in [9.17, 15) is 13.2 Å². The second-order valence-electron chi connectivity index (χ2n) is 8.06. The number of hydrogen-bond donors (Lipinski definition) is 0. The molecule has 7 heteroatoms. The molecule has 0 radical (unpaired) electrons. The number of ether oxygens (including phenoxy) is 1. The number of fused-ring (bicyclic) bond motifs is 1. The van der Waals surface area contributed by atoms with Gasteiger partial charge in [0.25, 0.3) is 0 Å². The quantitative estimate of drug-likeness (QED) is 0.399. The molecule has 0 spiro atoms. The van der Waals surface area contributed by atoms with Crippen LogP contribution in [0.5, 0.6) is 0 Å². The Hall–Kier alpha value is -1.08. The first-order valence-corrected chi connectivity index (χ1v) is 12.3. The van der Waals surface area contributed by atoms with Crippen LogP contribution in [0.15, 0.2) is 28.5 Å². The van der Waals surface area contributed by atoms with Crippen LogP contribution >= 0.6 is 0 Å². The van der Waals surface area contributed by atoms with Crippen LogP contribution in [0.25, 0.3) is 0 Å². The minimum Gasteiger partial charge on any atom is -0.381 e. The molecule has 1 atom stereocenters. The highest BCUT2D eigenvalue weighted by Gasteiger charge is 2.49. The molecule has 1 fully saturated rings. The van der Waals surface area contributed by atoms with Crippen molar-refractivity contribution >= 4 is 13.8 Å². The molecule has 3 rings (SSSR count). The Bertz CT molecular complexity index is 586. The highest BCUT2D eigenvalue weighted by atomic mass is 28.3. The molecule has 1 unspecified atom stereocenters. The molecule has 0 amide bonds. The third-order valence-corrected chi connectivity index (χ3v) is 6.38. The van der Waals surface area contributed by atoms with Crippen molar-refractivity contribution in [1.29, 1.82) is 0 Å². The molecular weight excluding hydrogens is 333 g/mol. The molecule has 0 aromatic heterocycles. The maximum atomic E-state index is 13.5. The molecule has 0 saturated heterocycles. The van der Waals surface area contributed by atoms with Crippen LogP contribution in [0.1, 0.15) is 12.8 Å². The highest BCUT2D eigenvalue weighted by molar-refractivity contribution is 6.76. The van der Waals surface area contributed by atoms with Crippen molar-refractivity contribution in [3.8, 4) is 0 Å². The maximum Gasteiger partial charge on any atom is 0.484 e. The van der Waals surface area contributed by atoms with Crippen molar-refractivity contribution < 1.29 is 17.9 Å². The van der Waals surface area contributed by atoms with Crippen molar-refractivity contribution in [1.82, 2.24) is 4.90 Å². The van der Waals surface area contributed by atoms with Crippen LogP contribution in [0.4, 0.5) is 13.2 Å². The van der Waals surface area contributed by atoms with E-state index < -0.39 is 14.4 Å². The van der Waals surface area contributed by atoms with E-state index in [1.165, 1.54) is 0 Å². The van der Waals surface area contributed by atoms with E-state index in [4.69, 9.17) is 4.74 Å². The summed E-state index contributed by atoms with van der Waals surface area (Å²) in [6, 6.07) is 1.02. The molecular formula is C17H25F3N2OSi. The minimum absolute atomic E-state index is 0.0309. The van der Waals surface area contributed by atoms with Crippen molar-refractivity contribution in [3.05, 3.63) is 23.5 Å². The van der Waals surface area contributed by atoms with Gasteiger partial charge in [-0.3, -0.25) is 9.89 Å². The van der Waals surface area contributed by atoms with E-state index >= 15 is 0 Å². The van der Waals surface area contributed by atoms with Gasteiger partial charge in [0.05, 0.1) is 12.3 Å². The highest BCUT2D eigenvalue weighted by Crippen LogP contribution is 2.47. The molecule has 2 aliphatic heterocycles. The Morgan fingerprint density at radius 3 is 2.58 bits per heavy atom. The summed E-state index contributed by atoms with van der Waals surface area (Å²) in [7, 11) is -1.20. The van der Waals surface area contributed by atoms with Crippen LogP contribution in [0.3, 0.4) is 0 Å². The Labute approximate surface area is 142 Å². The average Bonchev–Trinajstić information content (AvgIpc) is 3.16. The van der Waals surface area contributed by atoms with Gasteiger partial charge < -0.3 is 4.74 Å². The first-order chi connectivity index (χ1) is 11.2. The SMILES string of the molecule is C[Si](C)(C)CCOCC1CN(C(F)(F)F)C(C2CC2)=C2C=CN=C21. The van der Waals surface area contributed by atoms with Gasteiger partial charge in [0.15, 0.2) is 0 Å². The minimum atomic E-state index is -4.34. The van der Waals surface area contributed by atoms with Gasteiger partial charge >= 0.3 is 6.30 Å². The first-order valence-electron chi connectivity index (χ1n) is 8.58. The molecule has 1 saturated carbocycles. The lowest BCUT2D eigenvalue weighted by Crippen LogP contribution is -2.48. The smallest absolute Gasteiger partial charge is 0.381 e. The zero-order chi connectivity index (χ0) is 17.5. The number of halogens is 3. The Balaban J connectivity index is 1.74. The third-order valence-electron chi connectivity index (χ3n) is 4.67. The molecule has 0 bridgehead atoms. The summed E-state index contributed by atoms with van der Waals surface area (Å²) in [6.45, 7) is 7.63. The Kier molecular flexibility index (Phi) is 4.68. The zero-order valence-electron chi connectivity index (χ0n) is 14.5. The van der Waals surface area contributed by atoms with E-state index in [-0.39, 0.29) is 18.4 Å². The van der Waals surface area contributed by atoms with Crippen molar-refractivity contribution in [2.24, 2.45) is 16.8 Å². The van der Waals surface area contributed by atoms with Crippen LogP contribution in [-0.4, -0.2) is 44.7 Å². The topological polar surface area (TPSA) is 24.8 Å². The summed E-state index contributed by atoms with van der Waals surface area (Å²) >= 11 is 0. The summed E-state index contributed by atoms with van der Waals surface area (Å²) in [5.41, 5.74) is 1.89. The normalized spacial score (nSPS) is 24.5. The van der Waals surface area contributed by atoms with Gasteiger partial charge in [-0.25, -0.2) is 0 Å². The predicted molar refractivity (Wildman–Crippen MR) is 91.5 cm³/mol. The van der Waals surface area contributed by atoms with E-state index in [2.05, 4.69) is 24.6 Å². The first kappa shape index (κ1) is 17.7. The van der Waals surface area contributed by atoms with Crippen LogP contribution in [-0.2, 0) is 4.74 Å². The van der Waals surface area contributed by atoms with E-state index in [0.29, 0.717) is 29.4 Å². The van der Waals surface area contributed by atoms with Gasteiger partial charge in [-0.1, -0.05) is 19.6 Å². The summed E-state index contributed by atoms with van der Waals surface area (Å²) in [6.07, 6.45) is 0.690. The van der Waals surface area contributed by atoms with E-state index in [1.54, 1.807) is 12.3 Å². The Morgan fingerprint density at radius 1 is 1.29 bits per heavy atom. The van der Waals surface area contributed by atoms with Gasteiger partial charge in [-0.15, -0.1) is 0 Å². The van der Waals surface area contributed by atoms with Gasteiger partial charge in [0.2, 0.25) is 0 Å². The molecule has 0 N–H and O–H groups in total. The summed E-state index contributed by atoms with van der Waals surface area (Å²) < 4.78 is 46.4. The van der Waals surface area contributed by atoms with Gasteiger partial charge in [0.1, 0.15) is 0 Å². The average molecular weight is 358 g/mol. The summed E-state index contributed by atoms with van der Waals surface area (Å²) in [5.74, 6) is -0.288. The fraction of sp³-hybridized carbons (Fsp3) is 0.706. The van der Waals surface area contributed by atoms with Crippen molar-refractivity contribution in [2.45, 2.75) is 44.8 Å². The maximum absolute atomic E-state index is 13.5. The summed E-state index contributed by atoms with van der Waals surface area (Å²) in [4.78, 5) is 5.00. The number of nitrogens with zero attached hydrogens (tertiary/aromatic N) is 2. The van der Waals surface area contributed by atoms with Crippen molar-refractivity contribution in [3.63, 3.8) is 0 Å². The lowest BCUT2D eigenvalue weighted by atomic mass is 9.90. The predicted octanol–water partition coefficient (Wildman–Crippen LogP) is 4.43. The molecule has 3 aliphatic rings. The lowest BCUT2D eigenvalue weighted by Gasteiger charge is -2.38. The van der Waals surface area contributed by atoms with E-state index in [1.807, 2.05) is 0 Å². The number of allylic oxidation sites excluding steroid dienone is 3. The second kappa shape index (κ2) is 6.33. The number of aliphatic imine (C=N–C) groups is 1. The fourth-order valence-corrected chi connectivity index (χ4v) is 3.97. The van der Waals surface area contributed by atoms with Gasteiger partial charge in [-0.05, 0) is 30.9 Å².